The van der Waals surface area contributed by atoms with Gasteiger partial charge in [0.15, 0.2) is 6.29 Å². The maximum Gasteiger partial charge on any atom is 0.312 e. The van der Waals surface area contributed by atoms with Crippen LogP contribution in [-0.4, -0.2) is 141 Å². The van der Waals surface area contributed by atoms with Crippen molar-refractivity contribution < 1.29 is 44.5 Å². The number of cyclic esters (lactones) is 1. The van der Waals surface area contributed by atoms with Crippen molar-refractivity contribution in [3.63, 3.8) is 0 Å². The Labute approximate surface area is 292 Å². The zero-order valence-electron chi connectivity index (χ0n) is 31.4. The molecule has 3 rings (SSSR count). The zero-order valence-corrected chi connectivity index (χ0v) is 31.4. The lowest BCUT2D eigenvalue weighted by molar-refractivity contribution is -0.304. The molecule has 2 aliphatic rings. The Bertz CT molecular complexity index is 1190. The highest BCUT2D eigenvalue weighted by Crippen LogP contribution is 2.41. The van der Waals surface area contributed by atoms with E-state index in [-0.39, 0.29) is 37.5 Å². The van der Waals surface area contributed by atoms with Gasteiger partial charge in [-0.15, -0.1) is 0 Å². The molecule has 1 unspecified atom stereocenters. The molecule has 3 heterocycles. The number of nitrogens with zero attached hydrogens (tertiary/aromatic N) is 3. The summed E-state index contributed by atoms with van der Waals surface area (Å²) in [6.45, 7) is 14.0. The van der Waals surface area contributed by atoms with Crippen molar-refractivity contribution in [2.45, 2.75) is 140 Å². The molecule has 2 saturated heterocycles. The first kappa shape index (κ1) is 41.5. The number of aromatic nitrogens is 1. The van der Waals surface area contributed by atoms with Gasteiger partial charge in [0.05, 0.1) is 23.7 Å². The van der Waals surface area contributed by atoms with Crippen molar-refractivity contribution in [1.82, 2.24) is 15.2 Å². The van der Waals surface area contributed by atoms with Crippen LogP contribution in [0.25, 0.3) is 0 Å². The number of likely N-dealkylation sites (N-methyl/N-ethyl adjacent to an activating group) is 2. The lowest BCUT2D eigenvalue weighted by Gasteiger charge is -2.50. The minimum Gasteiger partial charge on any atom is -0.459 e. The third-order valence-corrected chi connectivity index (χ3v) is 11.0. The van der Waals surface area contributed by atoms with Gasteiger partial charge >= 0.3 is 5.97 Å². The number of aliphatic hydroxyl groups is 5. The molecule has 14 atom stereocenters. The molecule has 0 aromatic carbocycles. The van der Waals surface area contributed by atoms with Gasteiger partial charge in [-0.25, -0.2) is 0 Å². The smallest absolute Gasteiger partial charge is 0.312 e. The largest absolute Gasteiger partial charge is 0.459 e. The summed E-state index contributed by atoms with van der Waals surface area (Å²) >= 11 is 0. The molecule has 1 aromatic heterocycles. The molecular formula is C36H64N4O9. The highest BCUT2D eigenvalue weighted by Gasteiger charge is 2.55. The number of rotatable bonds is 7. The second-order valence-electron chi connectivity index (χ2n) is 15.6. The average molecular weight is 697 g/mol. The molecule has 1 aromatic rings. The summed E-state index contributed by atoms with van der Waals surface area (Å²) in [5, 5.41) is 62.9. The quantitative estimate of drug-likeness (QED) is 0.227. The Morgan fingerprint density at radius 3 is 2.22 bits per heavy atom. The van der Waals surface area contributed by atoms with Gasteiger partial charge in [-0.3, -0.25) is 9.78 Å². The van der Waals surface area contributed by atoms with Crippen LogP contribution in [0.3, 0.4) is 0 Å². The van der Waals surface area contributed by atoms with Crippen LogP contribution in [0.4, 0.5) is 5.69 Å². The van der Waals surface area contributed by atoms with E-state index in [1.165, 1.54) is 6.92 Å². The number of hydrogen-bond donors (Lipinski definition) is 6. The summed E-state index contributed by atoms with van der Waals surface area (Å²) in [6, 6.07) is 2.69. The Morgan fingerprint density at radius 2 is 1.65 bits per heavy atom. The third-order valence-electron chi connectivity index (χ3n) is 11.0. The van der Waals surface area contributed by atoms with Crippen molar-refractivity contribution in [3.05, 3.63) is 24.5 Å². The molecule has 0 bridgehead atoms. The van der Waals surface area contributed by atoms with Gasteiger partial charge in [0.2, 0.25) is 0 Å². The van der Waals surface area contributed by atoms with Crippen LogP contribution < -0.4 is 10.2 Å². The van der Waals surface area contributed by atoms with E-state index in [0.29, 0.717) is 13.0 Å². The first-order valence-electron chi connectivity index (χ1n) is 17.7. The van der Waals surface area contributed by atoms with Gasteiger partial charge in [0.1, 0.15) is 29.5 Å². The van der Waals surface area contributed by atoms with Gasteiger partial charge in [-0.2, -0.15) is 0 Å². The summed E-state index contributed by atoms with van der Waals surface area (Å²) in [5.74, 6) is -3.11. The second kappa shape index (κ2) is 16.6. The van der Waals surface area contributed by atoms with E-state index in [0.717, 1.165) is 5.69 Å². The van der Waals surface area contributed by atoms with Crippen molar-refractivity contribution in [3.8, 4) is 0 Å². The first-order valence-corrected chi connectivity index (χ1v) is 17.7. The maximum atomic E-state index is 14.1. The van der Waals surface area contributed by atoms with Gasteiger partial charge in [-0.05, 0) is 92.6 Å². The number of ether oxygens (including phenoxy) is 3. The summed E-state index contributed by atoms with van der Waals surface area (Å²) in [7, 11) is 5.53. The molecule has 0 amide bonds. The first-order chi connectivity index (χ1) is 22.7. The molecule has 13 heteroatoms. The molecular weight excluding hydrogens is 632 g/mol. The minimum absolute atomic E-state index is 0.0842. The lowest BCUT2D eigenvalue weighted by Crippen LogP contribution is -2.64. The predicted octanol–water partition coefficient (Wildman–Crippen LogP) is 1.53. The van der Waals surface area contributed by atoms with Gasteiger partial charge in [0.25, 0.3) is 0 Å². The standard InChI is InChI=1S/C36H64N4O9/c1-12-28-35(8,45)30(42)25(6)38-19-21(2)18-34(7,44)31(49-33-29(41)27(39(9)10)17-22(3)47-33)23(4)36(46,24(5)32(43)48-28)20-40(11)26-13-15-37-16-14-26/h13-16,21-25,27-31,33,38,41-42,44-46H,12,17-20H2,1-11H3/t21-,22-,23-,24?,25-,27+,28-,29-,30-,31-,33+,34+,35-,36-/m1/s1. The summed E-state index contributed by atoms with van der Waals surface area (Å²) in [5.41, 5.74) is -4.60. The fourth-order valence-electron chi connectivity index (χ4n) is 7.76. The van der Waals surface area contributed by atoms with Gasteiger partial charge in [0, 0.05) is 49.7 Å². The number of carbonyl (C=O) groups is 1. The fourth-order valence-corrected chi connectivity index (χ4v) is 7.76. The van der Waals surface area contributed by atoms with Crippen LogP contribution in [0.1, 0.15) is 74.7 Å². The molecule has 13 nitrogen and oxygen atoms in total. The Hall–Kier alpha value is -1.94. The topological polar surface area (TPSA) is 177 Å². The van der Waals surface area contributed by atoms with Crippen LogP contribution in [0.5, 0.6) is 0 Å². The number of nitrogens with one attached hydrogen (secondary N) is 1. The summed E-state index contributed by atoms with van der Waals surface area (Å²) in [6.07, 6.45) is -1.77. The van der Waals surface area contributed by atoms with Crippen molar-refractivity contribution >= 4 is 11.7 Å². The van der Waals surface area contributed by atoms with Crippen LogP contribution in [0.2, 0.25) is 0 Å². The van der Waals surface area contributed by atoms with Crippen LogP contribution >= 0.6 is 0 Å². The normalized spacial score (nSPS) is 43.4. The lowest BCUT2D eigenvalue weighted by atomic mass is 9.70. The molecule has 2 fully saturated rings. The average Bonchev–Trinajstić information content (AvgIpc) is 3.04. The number of aliphatic hydroxyl groups excluding tert-OH is 2. The van der Waals surface area contributed by atoms with E-state index in [1.807, 2.05) is 32.8 Å². The van der Waals surface area contributed by atoms with Crippen molar-refractivity contribution in [2.24, 2.45) is 17.8 Å². The third kappa shape index (κ3) is 9.49. The van der Waals surface area contributed by atoms with Gasteiger partial charge in [-0.1, -0.05) is 20.8 Å². The monoisotopic (exact) mass is 696 g/mol. The molecule has 0 spiro atoms. The Kier molecular flexibility index (Phi) is 14.1. The molecule has 0 saturated carbocycles. The number of anilines is 1. The number of hydrogen-bond acceptors (Lipinski definition) is 13. The summed E-state index contributed by atoms with van der Waals surface area (Å²) < 4.78 is 18.7. The molecule has 0 radical (unpaired) electrons. The Morgan fingerprint density at radius 1 is 1.04 bits per heavy atom. The number of esters is 1. The SMILES string of the molecule is CC[C@H]1OC(=O)C(C)[C@@](O)(CN(C)c2ccncc2)[C@H](C)[C@@H](O[C@@H]2O[C@H](C)C[C@H](N(C)C)[C@H]2O)[C@@](C)(O)C[C@@H](C)CN[C@H](C)[C@@H](O)[C@]1(C)O. The van der Waals surface area contributed by atoms with Crippen molar-refractivity contribution in [1.29, 1.82) is 0 Å². The van der Waals surface area contributed by atoms with Gasteiger partial charge < -0.3 is 54.9 Å². The van der Waals surface area contributed by atoms with Crippen LogP contribution in [0.15, 0.2) is 24.5 Å². The number of pyridine rings is 1. The molecule has 6 N–H and O–H groups in total. The second-order valence-corrected chi connectivity index (χ2v) is 15.6. The molecule has 0 aliphatic carbocycles. The molecule has 2 aliphatic heterocycles. The molecule has 282 valence electrons. The van der Waals surface area contributed by atoms with Crippen molar-refractivity contribution in [2.75, 3.05) is 39.1 Å². The van der Waals surface area contributed by atoms with E-state index < -0.39 is 71.4 Å². The van der Waals surface area contributed by atoms with E-state index >= 15 is 0 Å². The van der Waals surface area contributed by atoms with E-state index in [1.54, 1.807) is 71.1 Å². The summed E-state index contributed by atoms with van der Waals surface area (Å²) in [4.78, 5) is 21.9. The van der Waals surface area contributed by atoms with E-state index in [4.69, 9.17) is 14.2 Å². The Balaban J connectivity index is 2.19. The van der Waals surface area contributed by atoms with Crippen LogP contribution in [0, 0.1) is 17.8 Å². The highest BCUT2D eigenvalue weighted by molar-refractivity contribution is 5.74. The highest BCUT2D eigenvalue weighted by atomic mass is 16.7. The minimum atomic E-state index is -1.91. The van der Waals surface area contributed by atoms with Crippen LogP contribution in [-0.2, 0) is 19.0 Å². The van der Waals surface area contributed by atoms with E-state index in [2.05, 4.69) is 10.3 Å². The predicted molar refractivity (Wildman–Crippen MR) is 187 cm³/mol. The zero-order chi connectivity index (χ0) is 37.1. The van der Waals surface area contributed by atoms with E-state index in [9.17, 15) is 30.3 Å². The molecule has 49 heavy (non-hydrogen) atoms. The fraction of sp³-hybridized carbons (Fsp3) is 0.833. The number of carbonyl (C=O) groups excluding carboxylic acids is 1. The maximum absolute atomic E-state index is 14.1.